The second-order valence-corrected chi connectivity index (χ2v) is 38.7. The summed E-state index contributed by atoms with van der Waals surface area (Å²) in [5.74, 6) is 1.14. The number of aromatic nitrogens is 20. The van der Waals surface area contributed by atoms with Gasteiger partial charge in [-0.05, 0) is 147 Å². The zero-order valence-corrected chi connectivity index (χ0v) is 85.8. The van der Waals surface area contributed by atoms with E-state index in [1.54, 1.807) is 75.5 Å². The number of amides is 2. The van der Waals surface area contributed by atoms with Gasteiger partial charge in [0.15, 0.2) is 43.6 Å². The number of carbonyl (C=O) groups excluding carboxylic acids is 2. The highest BCUT2D eigenvalue weighted by atomic mass is 32.2. The molecule has 0 saturated carbocycles. The van der Waals surface area contributed by atoms with Gasteiger partial charge in [-0.25, -0.2) is 57.4 Å². The number of nitrogens with two attached hydrogens (primary N) is 1. The number of thioether (sulfide) groups is 5. The van der Waals surface area contributed by atoms with E-state index in [9.17, 15) is 47.0 Å². The largest absolute Gasteiger partial charge is 0.481 e. The van der Waals surface area contributed by atoms with Gasteiger partial charge < -0.3 is 111 Å². The predicted octanol–water partition coefficient (Wildman–Crippen LogP) is 16.5. The van der Waals surface area contributed by atoms with Gasteiger partial charge in [0.1, 0.15) is 68.3 Å². The van der Waals surface area contributed by atoms with Crippen molar-refractivity contribution in [3.63, 3.8) is 0 Å². The molecular formula is C95H105B3F4N30O11S5. The Hall–Kier alpha value is -14.3. The Balaban J connectivity index is 0.000000141. The van der Waals surface area contributed by atoms with E-state index in [2.05, 4.69) is 132 Å². The number of H-pyrrole nitrogens is 4. The number of nitrogens with one attached hydrogen (secondary N) is 10. The van der Waals surface area contributed by atoms with E-state index < -0.39 is 44.6 Å². The molecule has 4 aliphatic heterocycles. The number of hydrogen-bond donors (Lipinski definition) is 15. The fourth-order valence-corrected chi connectivity index (χ4v) is 18.9. The monoisotopic (exact) mass is 2110 g/mol. The number of unbranched alkanes of at least 4 members (excludes halogenated alkanes) is 3. The lowest BCUT2D eigenvalue weighted by Gasteiger charge is -2.20. The number of nitrogens with zero attached hydrogens (tertiary/aromatic N) is 19. The number of halogens is 4. The molecule has 0 fully saturated rings. The first-order valence-corrected chi connectivity index (χ1v) is 52.6. The summed E-state index contributed by atoms with van der Waals surface area (Å²) in [6.07, 6.45) is 25.3. The molecule has 41 nitrogen and oxygen atoms in total. The van der Waals surface area contributed by atoms with Gasteiger partial charge in [0, 0.05) is 67.1 Å². The SMILES string of the molecule is CB(O)N(C)c1cc(F)cc2c1[nH]c1nc(Oc3cnc(SCC(=O)O)nc3)nc(NCCCCCCN)c12.CB(O)N(C)c1cc(F)cc2c1[nH]c1nc3nc(c12)NCCCCCCNC(=O)CSc1ncc(cn1)O3.CNc1cc(F)cc2c1[nH]c1nc3nc(c12)NCCCCCCNC(=O)CSc1ncc(cn1)O3.CSc1ncc(Oc2nc(SCc3ccccc3)c3c(n2)[nH]c2c(N(C)B(C)O)cc(F)cc23)cn1. The van der Waals surface area contributed by atoms with Crippen molar-refractivity contribution in [3.8, 4) is 47.0 Å². The van der Waals surface area contributed by atoms with Crippen molar-refractivity contribution in [1.82, 2.24) is 110 Å². The average Bonchev–Trinajstić information content (AvgIpc) is 1.62. The standard InChI is InChI=1S/C24H30BFN8O4S.C24H28BFN8O3S.C24H22BFN6O2S2.C23H25FN8O2S/c1-25(37)34(2)17-10-14(26)9-16-19-21(28-8-6-4-3-5-7-27)32-23(33-22(19)31-20(16)17)38-15-11-29-24(30-12-15)39-13-18(35)36;1-25(36)34(2)17-10-14(26)9-16-19-21-28-8-6-4-3-5-7-27-18(35)13-38-24-29-11-15(12-30-24)37-23(32-21)33-22(19)31-20(16)17;1-25(33)32(2)18-10-15(26)9-17-19-21(29-20(17)18)30-23(34-16-11-27-24(35-3)28-12-16)31-22(19)36-13-14-7-5-4-6-8-14;1-25-16-9-13(24)8-15-18-20-27-7-5-3-2-4-6-26-17(33)12-35-23-28-10-14(11-29-23)34-22(31-20)32-21(18)30-19(15)16/h9-12,37H,3-8,13,27H2,1-2H3,(H,35,36)(H2,28,31,32,33);9-12,36H,3-8,13H2,1-2H3,(H,27,35)(H2,28,31,32,33);4-12,33H,13H2,1-3H3,(H,29,30,31);8-11,25H,2-7,12H2,1H3,(H,26,33)(H2,27,30,31,32). The molecular weight excluding hydrogens is 2010 g/mol. The van der Waals surface area contributed by atoms with Crippen LogP contribution in [-0.2, 0) is 20.1 Å². The van der Waals surface area contributed by atoms with Gasteiger partial charge in [-0.1, -0.05) is 116 Å². The summed E-state index contributed by atoms with van der Waals surface area (Å²) < 4.78 is 82.0. The van der Waals surface area contributed by atoms with Crippen molar-refractivity contribution in [3.05, 3.63) is 157 Å². The topological polar surface area (TPSA) is 546 Å². The van der Waals surface area contributed by atoms with E-state index in [0.29, 0.717) is 210 Å². The van der Waals surface area contributed by atoms with E-state index in [1.165, 1.54) is 133 Å². The molecule has 0 spiro atoms. The lowest BCUT2D eigenvalue weighted by atomic mass is 9.85. The summed E-state index contributed by atoms with van der Waals surface area (Å²) in [6.45, 7) is 8.69. The molecule has 12 aromatic heterocycles. The van der Waals surface area contributed by atoms with Gasteiger partial charge in [0.2, 0.25) is 11.8 Å². The Morgan fingerprint density at radius 3 is 1.37 bits per heavy atom. The van der Waals surface area contributed by atoms with Crippen LogP contribution in [0.5, 0.6) is 47.0 Å². The quantitative estimate of drug-likeness (QED) is 0.00631. The zero-order valence-electron chi connectivity index (χ0n) is 81.7. The van der Waals surface area contributed by atoms with E-state index in [-0.39, 0.29) is 64.7 Å². The first kappa shape index (κ1) is 106. The van der Waals surface area contributed by atoms with Gasteiger partial charge >= 0.3 is 51.2 Å². The van der Waals surface area contributed by atoms with Crippen LogP contribution in [0.2, 0.25) is 20.5 Å². The highest BCUT2D eigenvalue weighted by Gasteiger charge is 2.29. The minimum absolute atomic E-state index is 0.0140. The number of ether oxygens (including phenoxy) is 4. The van der Waals surface area contributed by atoms with Crippen LogP contribution in [0.1, 0.15) is 82.6 Å². The van der Waals surface area contributed by atoms with Crippen LogP contribution in [-0.4, -0.2) is 250 Å². The maximum atomic E-state index is 14.7. The molecule has 5 aromatic carbocycles. The molecule has 16 N–H and O–H groups in total. The van der Waals surface area contributed by atoms with Gasteiger partial charge in [0.25, 0.3) is 0 Å². The van der Waals surface area contributed by atoms with Crippen LogP contribution in [0.3, 0.4) is 0 Å². The van der Waals surface area contributed by atoms with Crippen molar-refractivity contribution < 1.29 is 71.1 Å². The molecule has 0 aliphatic carbocycles. The van der Waals surface area contributed by atoms with Crippen LogP contribution >= 0.6 is 58.8 Å². The molecule has 8 bridgehead atoms. The van der Waals surface area contributed by atoms with Crippen molar-refractivity contribution in [2.24, 2.45) is 5.73 Å². The summed E-state index contributed by atoms with van der Waals surface area (Å²) in [6, 6.07) is 21.6. The molecule has 16 heterocycles. The smallest absolute Gasteiger partial charge is 0.409 e. The average molecular weight is 2110 g/mol. The van der Waals surface area contributed by atoms with Crippen molar-refractivity contribution >= 4 is 226 Å². The molecule has 2 amide bonds. The van der Waals surface area contributed by atoms with Gasteiger partial charge in [-0.2, -0.15) is 39.9 Å². The second kappa shape index (κ2) is 50.4. The third-order valence-electron chi connectivity index (χ3n) is 23.5. The highest BCUT2D eigenvalue weighted by molar-refractivity contribution is 8.00. The number of aromatic amines is 4. The van der Waals surface area contributed by atoms with E-state index in [1.807, 2.05) is 36.6 Å². The molecule has 4 aliphatic rings. The van der Waals surface area contributed by atoms with Crippen molar-refractivity contribution in [2.75, 3.05) is 127 Å². The third kappa shape index (κ3) is 27.2. The molecule has 768 valence electrons. The number of carboxylic acid groups (broad SMARTS) is 1. The molecule has 21 rings (SSSR count). The van der Waals surface area contributed by atoms with Gasteiger partial charge in [-0.15, -0.1) is 11.8 Å². The van der Waals surface area contributed by atoms with Gasteiger partial charge in [-0.3, -0.25) is 14.4 Å². The fourth-order valence-electron chi connectivity index (χ4n) is 15.9. The van der Waals surface area contributed by atoms with Crippen LogP contribution in [0.15, 0.2) is 154 Å². The Kier molecular flexibility index (Phi) is 36.2. The number of aliphatic carboxylic acids is 1. The Morgan fingerprint density at radius 1 is 0.493 bits per heavy atom. The fraction of sp³-hybridized carbons (Fsp3) is 0.316. The lowest BCUT2D eigenvalue weighted by molar-refractivity contribution is -0.134. The molecule has 0 saturated heterocycles. The summed E-state index contributed by atoms with van der Waals surface area (Å²) in [4.78, 5) is 123. The number of rotatable bonds is 25. The maximum absolute atomic E-state index is 14.7. The minimum Gasteiger partial charge on any atom is -0.481 e. The summed E-state index contributed by atoms with van der Waals surface area (Å²) in [7, 11) is 4.31. The highest BCUT2D eigenvalue weighted by Crippen LogP contribution is 2.44. The van der Waals surface area contributed by atoms with Crippen molar-refractivity contribution in [2.45, 2.75) is 129 Å². The summed E-state index contributed by atoms with van der Waals surface area (Å²) >= 11 is 6.44. The summed E-state index contributed by atoms with van der Waals surface area (Å²) in [5.41, 5.74) is 13.3. The summed E-state index contributed by atoms with van der Waals surface area (Å²) in [5, 5.41) is 65.7. The molecule has 148 heavy (non-hydrogen) atoms. The Morgan fingerprint density at radius 2 is 0.912 bits per heavy atom. The van der Waals surface area contributed by atoms with Crippen LogP contribution < -0.4 is 71.0 Å². The number of carbonyl (C=O) groups is 3. The van der Waals surface area contributed by atoms with Gasteiger partial charge in [0.05, 0.1) is 133 Å². The lowest BCUT2D eigenvalue weighted by Crippen LogP contribution is -2.33. The number of carboxylic acids is 1. The van der Waals surface area contributed by atoms with E-state index in [0.717, 1.165) is 99.9 Å². The molecule has 0 radical (unpaired) electrons. The van der Waals surface area contributed by atoms with Crippen LogP contribution in [0.25, 0.3) is 87.7 Å². The number of anilines is 7. The predicted molar refractivity (Wildman–Crippen MR) is 574 cm³/mol. The minimum atomic E-state index is -0.967. The molecule has 53 heteroatoms. The maximum Gasteiger partial charge on any atom is 0.409 e. The first-order chi connectivity index (χ1) is 71.7. The van der Waals surface area contributed by atoms with Crippen LogP contribution in [0, 0.1) is 23.3 Å². The van der Waals surface area contributed by atoms with E-state index in [4.69, 9.17) is 29.8 Å². The Bertz CT molecular complexity index is 7530. The number of fused-ring (bicyclic) bond motifs is 36. The first-order valence-electron chi connectivity index (χ1n) is 47.5. The molecule has 0 atom stereocenters. The van der Waals surface area contributed by atoms with Crippen LogP contribution in [0.4, 0.5) is 57.8 Å². The van der Waals surface area contributed by atoms with E-state index >= 15 is 0 Å². The number of hydrogen-bond acceptors (Lipinski definition) is 39. The molecule has 0 unspecified atom stereocenters. The zero-order chi connectivity index (χ0) is 104. The third-order valence-corrected chi connectivity index (χ3v) is 27.8. The molecule has 17 aromatic rings. The second-order valence-electron chi connectivity index (χ2n) is 34.1. The van der Waals surface area contributed by atoms with Crippen molar-refractivity contribution in [1.29, 1.82) is 0 Å². The Labute approximate surface area is 867 Å². The number of benzene rings is 5. The normalized spacial score (nSPS) is 13.3.